The number of nitrogens with one attached hydrogen (secondary N) is 1. The highest BCUT2D eigenvalue weighted by molar-refractivity contribution is 5.92. The number of ether oxygens (including phenoxy) is 2. The molecule has 0 spiro atoms. The number of imidazole rings is 1. The standard InChI is InChI=1S/C15H20N4O2/c1-5-20-6-2-18(1)12-9-13-15(17-11-16-13)14(10-12)19-3-7-21-8-4-19/h9-11H,1-8H2,(H,16,17). The van der Waals surface area contributed by atoms with E-state index in [1.165, 1.54) is 11.4 Å². The summed E-state index contributed by atoms with van der Waals surface area (Å²) in [5, 5.41) is 0. The molecule has 2 aromatic rings. The fourth-order valence-corrected chi connectivity index (χ4v) is 3.07. The van der Waals surface area contributed by atoms with Gasteiger partial charge in [0.25, 0.3) is 0 Å². The molecule has 6 heteroatoms. The normalized spacial score (nSPS) is 20.2. The minimum absolute atomic E-state index is 0.785. The van der Waals surface area contributed by atoms with Crippen molar-refractivity contribution in [3.8, 4) is 0 Å². The van der Waals surface area contributed by atoms with Crippen molar-refractivity contribution in [3.05, 3.63) is 18.5 Å². The van der Waals surface area contributed by atoms with Gasteiger partial charge in [0.2, 0.25) is 0 Å². The molecular formula is C15H20N4O2. The summed E-state index contributed by atoms with van der Waals surface area (Å²) < 4.78 is 10.9. The summed E-state index contributed by atoms with van der Waals surface area (Å²) in [6.45, 7) is 6.91. The van der Waals surface area contributed by atoms with Crippen LogP contribution in [0.5, 0.6) is 0 Å². The smallest absolute Gasteiger partial charge is 0.112 e. The molecule has 6 nitrogen and oxygen atoms in total. The molecule has 1 aromatic heterocycles. The lowest BCUT2D eigenvalue weighted by atomic mass is 10.2. The molecule has 0 amide bonds. The summed E-state index contributed by atoms with van der Waals surface area (Å²) in [5.41, 5.74) is 4.60. The van der Waals surface area contributed by atoms with E-state index in [0.29, 0.717) is 0 Å². The molecule has 0 radical (unpaired) electrons. The average Bonchev–Trinajstić information content (AvgIpc) is 3.04. The Labute approximate surface area is 123 Å². The molecule has 0 aliphatic carbocycles. The summed E-state index contributed by atoms with van der Waals surface area (Å²) >= 11 is 0. The number of fused-ring (bicyclic) bond motifs is 1. The number of nitrogens with zero attached hydrogens (tertiary/aromatic N) is 3. The van der Waals surface area contributed by atoms with Crippen molar-refractivity contribution in [2.45, 2.75) is 0 Å². The second-order valence-electron chi connectivity index (χ2n) is 5.46. The molecule has 2 fully saturated rings. The van der Waals surface area contributed by atoms with Gasteiger partial charge in [-0.15, -0.1) is 0 Å². The molecule has 0 unspecified atom stereocenters. The van der Waals surface area contributed by atoms with E-state index >= 15 is 0 Å². The van der Waals surface area contributed by atoms with E-state index in [4.69, 9.17) is 9.47 Å². The first-order valence-electron chi connectivity index (χ1n) is 7.54. The van der Waals surface area contributed by atoms with Gasteiger partial charge in [0, 0.05) is 31.9 Å². The summed E-state index contributed by atoms with van der Waals surface area (Å²) in [4.78, 5) is 12.5. The van der Waals surface area contributed by atoms with Crippen LogP contribution < -0.4 is 9.80 Å². The van der Waals surface area contributed by atoms with E-state index in [2.05, 4.69) is 31.9 Å². The zero-order valence-corrected chi connectivity index (χ0v) is 12.0. The second-order valence-corrected chi connectivity index (χ2v) is 5.46. The zero-order valence-electron chi connectivity index (χ0n) is 12.0. The van der Waals surface area contributed by atoms with Gasteiger partial charge in [-0.05, 0) is 12.1 Å². The minimum atomic E-state index is 0.785. The summed E-state index contributed by atoms with van der Waals surface area (Å²) in [6, 6.07) is 4.46. The first-order valence-corrected chi connectivity index (χ1v) is 7.54. The van der Waals surface area contributed by atoms with Crippen LogP contribution in [0.15, 0.2) is 18.5 Å². The van der Waals surface area contributed by atoms with Crippen molar-refractivity contribution >= 4 is 22.4 Å². The van der Waals surface area contributed by atoms with Crippen LogP contribution in [-0.4, -0.2) is 62.6 Å². The number of anilines is 2. The monoisotopic (exact) mass is 288 g/mol. The number of hydrogen-bond donors (Lipinski definition) is 1. The van der Waals surface area contributed by atoms with E-state index < -0.39 is 0 Å². The van der Waals surface area contributed by atoms with E-state index in [9.17, 15) is 0 Å². The predicted octanol–water partition coefficient (Wildman–Crippen LogP) is 1.24. The average molecular weight is 288 g/mol. The van der Waals surface area contributed by atoms with E-state index in [1.54, 1.807) is 6.33 Å². The van der Waals surface area contributed by atoms with Crippen molar-refractivity contribution in [3.63, 3.8) is 0 Å². The van der Waals surface area contributed by atoms with Crippen LogP contribution in [0.4, 0.5) is 11.4 Å². The third-order valence-electron chi connectivity index (χ3n) is 4.22. The summed E-state index contributed by atoms with van der Waals surface area (Å²) in [5.74, 6) is 0. The van der Waals surface area contributed by atoms with Gasteiger partial charge < -0.3 is 24.3 Å². The van der Waals surface area contributed by atoms with Gasteiger partial charge in [-0.2, -0.15) is 0 Å². The van der Waals surface area contributed by atoms with Crippen LogP contribution in [0.1, 0.15) is 0 Å². The van der Waals surface area contributed by atoms with Gasteiger partial charge >= 0.3 is 0 Å². The molecule has 0 atom stereocenters. The highest BCUT2D eigenvalue weighted by atomic mass is 16.5. The van der Waals surface area contributed by atoms with Crippen LogP contribution in [0.2, 0.25) is 0 Å². The Hall–Kier alpha value is -1.79. The summed E-state index contributed by atoms with van der Waals surface area (Å²) in [7, 11) is 0. The summed E-state index contributed by atoms with van der Waals surface area (Å²) in [6.07, 6.45) is 1.78. The van der Waals surface area contributed by atoms with Crippen LogP contribution in [0.25, 0.3) is 11.0 Å². The molecule has 2 aliphatic heterocycles. The van der Waals surface area contributed by atoms with Crippen molar-refractivity contribution < 1.29 is 9.47 Å². The Morgan fingerprint density at radius 1 is 0.905 bits per heavy atom. The zero-order chi connectivity index (χ0) is 14.1. The van der Waals surface area contributed by atoms with Gasteiger partial charge in [-0.25, -0.2) is 4.98 Å². The number of H-pyrrole nitrogens is 1. The quantitative estimate of drug-likeness (QED) is 0.901. The lowest BCUT2D eigenvalue weighted by molar-refractivity contribution is 0.122. The third kappa shape index (κ3) is 2.45. The first kappa shape index (κ1) is 12.9. The number of benzene rings is 1. The lowest BCUT2D eigenvalue weighted by Gasteiger charge is -2.32. The third-order valence-corrected chi connectivity index (χ3v) is 4.22. The number of morpholine rings is 2. The fourth-order valence-electron chi connectivity index (χ4n) is 3.07. The molecular weight excluding hydrogens is 268 g/mol. The van der Waals surface area contributed by atoms with Crippen LogP contribution in [-0.2, 0) is 9.47 Å². The van der Waals surface area contributed by atoms with Gasteiger partial charge in [-0.3, -0.25) is 0 Å². The maximum atomic E-state index is 5.46. The molecule has 2 saturated heterocycles. The molecule has 0 bridgehead atoms. The predicted molar refractivity (Wildman–Crippen MR) is 82.2 cm³/mol. The van der Waals surface area contributed by atoms with Gasteiger partial charge in [0.05, 0.1) is 44.0 Å². The number of rotatable bonds is 2. The maximum absolute atomic E-state index is 5.46. The fraction of sp³-hybridized carbons (Fsp3) is 0.533. The maximum Gasteiger partial charge on any atom is 0.112 e. The largest absolute Gasteiger partial charge is 0.378 e. The van der Waals surface area contributed by atoms with Gasteiger partial charge in [0.15, 0.2) is 0 Å². The van der Waals surface area contributed by atoms with Crippen LogP contribution >= 0.6 is 0 Å². The van der Waals surface area contributed by atoms with Gasteiger partial charge in [-0.1, -0.05) is 0 Å². The number of aromatic amines is 1. The van der Waals surface area contributed by atoms with Crippen molar-refractivity contribution in [2.75, 3.05) is 62.4 Å². The molecule has 21 heavy (non-hydrogen) atoms. The van der Waals surface area contributed by atoms with Crippen LogP contribution in [0, 0.1) is 0 Å². The van der Waals surface area contributed by atoms with E-state index in [0.717, 1.165) is 63.6 Å². The van der Waals surface area contributed by atoms with Crippen molar-refractivity contribution in [1.82, 2.24) is 9.97 Å². The molecule has 2 aliphatic rings. The van der Waals surface area contributed by atoms with E-state index in [-0.39, 0.29) is 0 Å². The highest BCUT2D eigenvalue weighted by Gasteiger charge is 2.19. The SMILES string of the molecule is c1nc2c(N3CCOCC3)cc(N3CCOCC3)cc2[nH]1. The Bertz CT molecular complexity index is 615. The Morgan fingerprint density at radius 2 is 1.57 bits per heavy atom. The van der Waals surface area contributed by atoms with Crippen LogP contribution in [0.3, 0.4) is 0 Å². The Balaban J connectivity index is 1.74. The molecule has 1 aromatic carbocycles. The van der Waals surface area contributed by atoms with Crippen molar-refractivity contribution in [2.24, 2.45) is 0 Å². The Morgan fingerprint density at radius 3 is 2.29 bits per heavy atom. The molecule has 1 N–H and O–H groups in total. The van der Waals surface area contributed by atoms with Gasteiger partial charge in [0.1, 0.15) is 5.52 Å². The number of hydrogen-bond acceptors (Lipinski definition) is 5. The Kier molecular flexibility index (Phi) is 3.40. The van der Waals surface area contributed by atoms with E-state index in [1.807, 2.05) is 0 Å². The second kappa shape index (κ2) is 5.54. The molecule has 4 rings (SSSR count). The first-order chi connectivity index (χ1) is 10.4. The molecule has 3 heterocycles. The number of aromatic nitrogens is 2. The topological polar surface area (TPSA) is 53.6 Å². The minimum Gasteiger partial charge on any atom is -0.378 e. The molecule has 112 valence electrons. The molecule has 0 saturated carbocycles. The highest BCUT2D eigenvalue weighted by Crippen LogP contribution is 2.31. The van der Waals surface area contributed by atoms with Crippen molar-refractivity contribution in [1.29, 1.82) is 0 Å². The lowest BCUT2D eigenvalue weighted by Crippen LogP contribution is -2.38.